The van der Waals surface area contributed by atoms with Crippen LogP contribution in [0.3, 0.4) is 0 Å². The monoisotopic (exact) mass is 291 g/mol. The van der Waals surface area contributed by atoms with Crippen molar-refractivity contribution >= 4 is 34.0 Å². The third-order valence-corrected chi connectivity index (χ3v) is 3.78. The van der Waals surface area contributed by atoms with Gasteiger partial charge in [0.1, 0.15) is 0 Å². The van der Waals surface area contributed by atoms with E-state index in [-0.39, 0.29) is 0 Å². The van der Waals surface area contributed by atoms with Crippen LogP contribution in [0.25, 0.3) is 28.0 Å². The Morgan fingerprint density at radius 2 is 1.86 bits per heavy atom. The predicted octanol–water partition coefficient (Wildman–Crippen LogP) is 4.17. The Bertz CT molecular complexity index is 874. The lowest BCUT2D eigenvalue weighted by Gasteiger charge is -2.07. The van der Waals surface area contributed by atoms with Crippen molar-refractivity contribution in [2.75, 3.05) is 6.61 Å². The van der Waals surface area contributed by atoms with Gasteiger partial charge in [-0.3, -0.25) is 0 Å². The van der Waals surface area contributed by atoms with Gasteiger partial charge in [-0.05, 0) is 11.6 Å². The van der Waals surface area contributed by atoms with Gasteiger partial charge in [0.2, 0.25) is 0 Å². The lowest BCUT2D eigenvalue weighted by molar-refractivity contribution is -0.137. The minimum absolute atomic E-state index is 0.336. The van der Waals surface area contributed by atoms with Crippen molar-refractivity contribution in [3.8, 4) is 0 Å². The molecule has 2 aromatic carbocycles. The first kappa shape index (κ1) is 14.1. The van der Waals surface area contributed by atoms with Gasteiger partial charge >= 0.3 is 5.97 Å². The van der Waals surface area contributed by atoms with Crippen LogP contribution in [0.5, 0.6) is 0 Å². The fraction of sp³-hybridized carbons (Fsp3) is 0.105. The number of hydrogen-bond donors (Lipinski definition) is 0. The summed E-state index contributed by atoms with van der Waals surface area (Å²) < 4.78 is 7.19. The Hall–Kier alpha value is -2.81. The van der Waals surface area contributed by atoms with E-state index in [0.717, 1.165) is 16.6 Å². The number of hydrogen-bond acceptors (Lipinski definition) is 2. The van der Waals surface area contributed by atoms with E-state index in [1.54, 1.807) is 0 Å². The molecular formula is C19H17NO2. The number of benzene rings is 2. The van der Waals surface area contributed by atoms with Gasteiger partial charge in [-0.1, -0.05) is 49.6 Å². The zero-order valence-corrected chi connectivity index (χ0v) is 12.3. The fourth-order valence-electron chi connectivity index (χ4n) is 2.84. The molecule has 3 heteroatoms. The molecule has 3 nitrogen and oxygen atoms in total. The van der Waals surface area contributed by atoms with Gasteiger partial charge < -0.3 is 9.30 Å². The first-order chi connectivity index (χ1) is 10.8. The van der Waals surface area contributed by atoms with E-state index in [1.165, 1.54) is 16.8 Å². The molecule has 3 aromatic rings. The van der Waals surface area contributed by atoms with E-state index in [0.29, 0.717) is 13.0 Å². The van der Waals surface area contributed by atoms with Crippen molar-refractivity contribution in [2.24, 2.45) is 0 Å². The number of aromatic nitrogens is 1. The Morgan fingerprint density at radius 3 is 2.64 bits per heavy atom. The molecule has 22 heavy (non-hydrogen) atoms. The summed E-state index contributed by atoms with van der Waals surface area (Å²) in [5.74, 6) is -0.392. The molecule has 0 atom stereocenters. The normalized spacial score (nSPS) is 10.7. The zero-order valence-electron chi connectivity index (χ0n) is 12.3. The van der Waals surface area contributed by atoms with Crippen LogP contribution in [0.2, 0.25) is 0 Å². The first-order valence-corrected chi connectivity index (χ1v) is 7.18. The van der Waals surface area contributed by atoms with Crippen molar-refractivity contribution in [3.63, 3.8) is 0 Å². The molecule has 110 valence electrons. The number of nitrogens with zero attached hydrogens (tertiary/aromatic N) is 1. The molecule has 0 unspecified atom stereocenters. The Balaban J connectivity index is 2.09. The number of carbonyl (C=O) groups is 1. The zero-order chi connectivity index (χ0) is 15.5. The van der Waals surface area contributed by atoms with Crippen LogP contribution in [0.1, 0.15) is 5.56 Å². The minimum Gasteiger partial charge on any atom is -0.462 e. The van der Waals surface area contributed by atoms with Crippen molar-refractivity contribution in [2.45, 2.75) is 6.42 Å². The maximum Gasteiger partial charge on any atom is 0.330 e. The number of fused-ring (bicyclic) bond motifs is 3. The van der Waals surface area contributed by atoms with Crippen molar-refractivity contribution < 1.29 is 9.53 Å². The average molecular weight is 291 g/mol. The maximum absolute atomic E-state index is 11.2. The van der Waals surface area contributed by atoms with Gasteiger partial charge in [-0.25, -0.2) is 4.79 Å². The van der Waals surface area contributed by atoms with Gasteiger partial charge in [-0.2, -0.15) is 0 Å². The van der Waals surface area contributed by atoms with Crippen LogP contribution >= 0.6 is 0 Å². The molecule has 0 amide bonds. The molecule has 0 saturated carbocycles. The molecular weight excluding hydrogens is 274 g/mol. The van der Waals surface area contributed by atoms with Gasteiger partial charge in [0.15, 0.2) is 0 Å². The number of carbonyl (C=O) groups excluding carboxylic acids is 1. The van der Waals surface area contributed by atoms with Crippen molar-refractivity contribution in [1.82, 2.24) is 4.57 Å². The molecule has 0 radical (unpaired) electrons. The minimum atomic E-state index is -0.392. The largest absolute Gasteiger partial charge is 0.462 e. The molecule has 0 aliphatic rings. The second-order valence-electron chi connectivity index (χ2n) is 5.00. The van der Waals surface area contributed by atoms with Gasteiger partial charge in [0.25, 0.3) is 0 Å². The highest BCUT2D eigenvalue weighted by Crippen LogP contribution is 2.31. The molecule has 1 heterocycles. The molecule has 0 saturated heterocycles. The number of para-hydroxylation sites is 2. The lowest BCUT2D eigenvalue weighted by atomic mass is 10.1. The van der Waals surface area contributed by atoms with E-state index in [1.807, 2.05) is 24.4 Å². The first-order valence-electron chi connectivity index (χ1n) is 7.18. The Kier molecular flexibility index (Phi) is 3.79. The highest BCUT2D eigenvalue weighted by atomic mass is 16.5. The van der Waals surface area contributed by atoms with Gasteiger partial charge in [0.05, 0.1) is 17.6 Å². The summed E-state index contributed by atoms with van der Waals surface area (Å²) >= 11 is 0. The second kappa shape index (κ2) is 5.90. The van der Waals surface area contributed by atoms with Crippen LogP contribution in [0.4, 0.5) is 0 Å². The van der Waals surface area contributed by atoms with E-state index in [2.05, 4.69) is 42.0 Å². The predicted molar refractivity (Wildman–Crippen MR) is 90.7 cm³/mol. The van der Waals surface area contributed by atoms with Crippen LogP contribution in [0.15, 0.2) is 61.7 Å². The molecule has 0 aliphatic heterocycles. The fourth-order valence-corrected chi connectivity index (χ4v) is 2.84. The highest BCUT2D eigenvalue weighted by Gasteiger charge is 2.12. The number of esters is 1. The Morgan fingerprint density at radius 1 is 1.09 bits per heavy atom. The van der Waals surface area contributed by atoms with E-state index < -0.39 is 5.97 Å². The molecule has 0 spiro atoms. The summed E-state index contributed by atoms with van der Waals surface area (Å²) in [5, 5.41) is 2.38. The molecule has 0 fully saturated rings. The summed E-state index contributed by atoms with van der Waals surface area (Å²) in [6.07, 6.45) is 3.66. The third kappa shape index (κ3) is 2.31. The van der Waals surface area contributed by atoms with Crippen molar-refractivity contribution in [1.29, 1.82) is 0 Å². The lowest BCUT2D eigenvalue weighted by Crippen LogP contribution is -2.05. The van der Waals surface area contributed by atoms with Crippen molar-refractivity contribution in [3.05, 3.63) is 67.3 Å². The second-order valence-corrected chi connectivity index (χ2v) is 5.00. The summed E-state index contributed by atoms with van der Waals surface area (Å²) in [5.41, 5.74) is 3.38. The molecule has 0 aliphatic carbocycles. The standard InChI is InChI=1S/C19H17NO2/c1-3-18(21)22-13-12-14-8-7-10-16-15-9-5-6-11-17(15)20(4-2)19(14)16/h3-11H,1-2,12-13H2. The topological polar surface area (TPSA) is 31.2 Å². The highest BCUT2D eigenvalue weighted by molar-refractivity contribution is 6.10. The summed E-state index contributed by atoms with van der Waals surface area (Å²) in [6, 6.07) is 14.4. The van der Waals surface area contributed by atoms with E-state index in [9.17, 15) is 4.79 Å². The maximum atomic E-state index is 11.2. The Labute approximate surface area is 129 Å². The average Bonchev–Trinajstić information content (AvgIpc) is 2.89. The molecule has 1 aromatic heterocycles. The summed E-state index contributed by atoms with van der Waals surface area (Å²) in [4.78, 5) is 11.2. The van der Waals surface area contributed by atoms with E-state index >= 15 is 0 Å². The van der Waals surface area contributed by atoms with Crippen LogP contribution in [0, 0.1) is 0 Å². The van der Waals surface area contributed by atoms with Gasteiger partial charge in [0, 0.05) is 29.5 Å². The SMILES string of the molecule is C=CC(=O)OCCc1cccc2c3ccccc3n(C=C)c12. The molecule has 3 rings (SSSR count). The van der Waals surface area contributed by atoms with Crippen LogP contribution < -0.4 is 0 Å². The summed E-state index contributed by atoms with van der Waals surface area (Å²) in [6.45, 7) is 7.67. The third-order valence-electron chi connectivity index (χ3n) is 3.78. The van der Waals surface area contributed by atoms with Gasteiger partial charge in [-0.15, -0.1) is 0 Å². The number of rotatable bonds is 5. The smallest absolute Gasteiger partial charge is 0.330 e. The van der Waals surface area contributed by atoms with E-state index in [4.69, 9.17) is 4.74 Å². The summed E-state index contributed by atoms with van der Waals surface area (Å²) in [7, 11) is 0. The van der Waals surface area contributed by atoms with Crippen LogP contribution in [-0.4, -0.2) is 17.1 Å². The molecule has 0 N–H and O–H groups in total. The quantitative estimate of drug-likeness (QED) is 0.522. The van der Waals surface area contributed by atoms with Crippen LogP contribution in [-0.2, 0) is 16.0 Å². The molecule has 0 bridgehead atoms. The number of ether oxygens (including phenoxy) is 1.